The number of benzene rings is 1. The number of hydrogen-bond acceptors (Lipinski definition) is 5. The molecule has 0 radical (unpaired) electrons. The minimum absolute atomic E-state index is 0.153. The second-order valence-electron chi connectivity index (χ2n) is 4.37. The lowest BCUT2D eigenvalue weighted by atomic mass is 10.1. The van der Waals surface area contributed by atoms with Crippen molar-refractivity contribution in [1.29, 1.82) is 0 Å². The second kappa shape index (κ2) is 5.09. The van der Waals surface area contributed by atoms with Gasteiger partial charge in [-0.15, -0.1) is 0 Å². The molecule has 0 aliphatic carbocycles. The molecule has 1 amide bonds. The molecule has 6 heteroatoms. The zero-order valence-electron chi connectivity index (χ0n) is 11.0. The van der Waals surface area contributed by atoms with Gasteiger partial charge in [-0.25, -0.2) is 4.98 Å². The zero-order valence-corrected chi connectivity index (χ0v) is 11.0. The molecule has 3 rings (SSSR count). The fourth-order valence-corrected chi connectivity index (χ4v) is 2.02. The van der Waals surface area contributed by atoms with Gasteiger partial charge in [0.25, 0.3) is 5.91 Å². The molecule has 0 saturated heterocycles. The Bertz CT molecular complexity index is 833. The number of primary amides is 1. The van der Waals surface area contributed by atoms with E-state index in [-0.39, 0.29) is 11.4 Å². The van der Waals surface area contributed by atoms with E-state index in [1.807, 2.05) is 6.07 Å². The fraction of sp³-hybridized carbons (Fsp3) is 0. The quantitative estimate of drug-likeness (QED) is 0.715. The van der Waals surface area contributed by atoms with Gasteiger partial charge >= 0.3 is 0 Å². The molecule has 0 saturated carbocycles. The smallest absolute Gasteiger partial charge is 0.254 e. The first-order valence-corrected chi connectivity index (χ1v) is 6.22. The number of nitrogen functional groups attached to an aromatic ring is 1. The van der Waals surface area contributed by atoms with Gasteiger partial charge in [-0.05, 0) is 36.4 Å². The van der Waals surface area contributed by atoms with Crippen LogP contribution in [0.3, 0.4) is 0 Å². The average Bonchev–Trinajstić information content (AvgIpc) is 2.51. The Labute approximate surface area is 120 Å². The summed E-state index contributed by atoms with van der Waals surface area (Å²) in [5.74, 6) is 0.0596. The Morgan fingerprint density at radius 3 is 2.62 bits per heavy atom. The van der Waals surface area contributed by atoms with Crippen molar-refractivity contribution in [2.75, 3.05) is 5.73 Å². The summed E-state index contributed by atoms with van der Waals surface area (Å²) in [6.45, 7) is 0. The largest absolute Gasteiger partial charge is 0.437 e. The minimum Gasteiger partial charge on any atom is -0.437 e. The van der Waals surface area contributed by atoms with Crippen LogP contribution in [0, 0.1) is 0 Å². The van der Waals surface area contributed by atoms with Crippen LogP contribution in [0.4, 0.5) is 5.69 Å². The van der Waals surface area contributed by atoms with Gasteiger partial charge in [-0.2, -0.15) is 0 Å². The number of ether oxygens (including phenoxy) is 1. The highest BCUT2D eigenvalue weighted by Crippen LogP contribution is 2.32. The molecule has 0 spiro atoms. The number of anilines is 1. The number of nitrogens with two attached hydrogens (primary N) is 2. The van der Waals surface area contributed by atoms with E-state index >= 15 is 0 Å². The van der Waals surface area contributed by atoms with Crippen molar-refractivity contribution in [2.24, 2.45) is 5.73 Å². The molecule has 0 aliphatic heterocycles. The molecule has 2 heterocycles. The van der Waals surface area contributed by atoms with E-state index < -0.39 is 5.91 Å². The number of carbonyl (C=O) groups is 1. The van der Waals surface area contributed by atoms with Crippen LogP contribution >= 0.6 is 0 Å². The molecule has 21 heavy (non-hydrogen) atoms. The number of pyridine rings is 2. The topological polar surface area (TPSA) is 104 Å². The van der Waals surface area contributed by atoms with Gasteiger partial charge < -0.3 is 16.2 Å². The van der Waals surface area contributed by atoms with Crippen LogP contribution in [0.1, 0.15) is 10.4 Å². The molecule has 6 nitrogen and oxygen atoms in total. The minimum atomic E-state index is -0.601. The number of carbonyl (C=O) groups excluding carboxylic acids is 1. The van der Waals surface area contributed by atoms with Gasteiger partial charge in [0.05, 0.1) is 11.2 Å². The van der Waals surface area contributed by atoms with E-state index in [4.69, 9.17) is 16.2 Å². The summed E-state index contributed by atoms with van der Waals surface area (Å²) >= 11 is 0. The van der Waals surface area contributed by atoms with E-state index in [0.717, 1.165) is 5.39 Å². The molecule has 2 aromatic heterocycles. The Hall–Kier alpha value is -3.15. The molecule has 4 N–H and O–H groups in total. The third-order valence-electron chi connectivity index (χ3n) is 3.00. The third-order valence-corrected chi connectivity index (χ3v) is 3.00. The van der Waals surface area contributed by atoms with E-state index in [9.17, 15) is 4.79 Å². The number of fused-ring (bicyclic) bond motifs is 1. The van der Waals surface area contributed by atoms with Crippen LogP contribution in [0.25, 0.3) is 10.9 Å². The summed E-state index contributed by atoms with van der Waals surface area (Å²) in [5, 5.41) is 0.735. The predicted molar refractivity (Wildman–Crippen MR) is 79.0 cm³/mol. The monoisotopic (exact) mass is 280 g/mol. The maximum atomic E-state index is 11.4. The summed E-state index contributed by atoms with van der Waals surface area (Å²) in [5.41, 5.74) is 12.6. The molecule has 0 atom stereocenters. The molecule has 104 valence electrons. The van der Waals surface area contributed by atoms with Crippen LogP contribution in [0.15, 0.2) is 48.8 Å². The number of amides is 1. The third kappa shape index (κ3) is 2.34. The zero-order chi connectivity index (χ0) is 14.8. The van der Waals surface area contributed by atoms with Crippen molar-refractivity contribution < 1.29 is 9.53 Å². The van der Waals surface area contributed by atoms with Crippen LogP contribution in [0.2, 0.25) is 0 Å². The Morgan fingerprint density at radius 2 is 1.81 bits per heavy atom. The van der Waals surface area contributed by atoms with Crippen LogP contribution in [0.5, 0.6) is 11.6 Å². The second-order valence-corrected chi connectivity index (χ2v) is 4.37. The van der Waals surface area contributed by atoms with Crippen LogP contribution in [-0.4, -0.2) is 15.9 Å². The maximum absolute atomic E-state index is 11.4. The van der Waals surface area contributed by atoms with Crippen molar-refractivity contribution in [3.8, 4) is 11.6 Å². The summed E-state index contributed by atoms with van der Waals surface area (Å²) in [6.07, 6.45) is 3.18. The Kier molecular flexibility index (Phi) is 3.12. The van der Waals surface area contributed by atoms with Gasteiger partial charge in [0.15, 0.2) is 0 Å². The highest BCUT2D eigenvalue weighted by atomic mass is 16.5. The van der Waals surface area contributed by atoms with Gasteiger partial charge in [0.2, 0.25) is 5.88 Å². The van der Waals surface area contributed by atoms with Gasteiger partial charge in [-0.3, -0.25) is 9.78 Å². The van der Waals surface area contributed by atoms with Crippen molar-refractivity contribution >= 4 is 22.5 Å². The first-order chi connectivity index (χ1) is 10.2. The highest BCUT2D eigenvalue weighted by molar-refractivity contribution is 5.96. The molecule has 0 bridgehead atoms. The lowest BCUT2D eigenvalue weighted by Gasteiger charge is -2.10. The molecular formula is C15H12N4O2. The number of hydrogen-bond donors (Lipinski definition) is 2. The molecule has 1 aromatic carbocycles. The highest BCUT2D eigenvalue weighted by Gasteiger charge is 2.13. The normalized spacial score (nSPS) is 10.5. The number of aromatic nitrogens is 2. The summed E-state index contributed by atoms with van der Waals surface area (Å²) in [6, 6.07) is 10.2. The lowest BCUT2D eigenvalue weighted by molar-refractivity contribution is 0.0997. The van der Waals surface area contributed by atoms with Gasteiger partial charge in [0, 0.05) is 17.8 Å². The van der Waals surface area contributed by atoms with E-state index in [1.54, 1.807) is 36.5 Å². The number of nitrogens with zero attached hydrogens (tertiary/aromatic N) is 2. The molecular weight excluding hydrogens is 268 g/mol. The van der Waals surface area contributed by atoms with Crippen LogP contribution < -0.4 is 16.2 Å². The predicted octanol–water partition coefficient (Wildman–Crippen LogP) is 2.10. The first kappa shape index (κ1) is 12.9. The van der Waals surface area contributed by atoms with Crippen molar-refractivity contribution in [3.05, 3.63) is 54.4 Å². The maximum Gasteiger partial charge on any atom is 0.254 e. The molecule has 0 unspecified atom stereocenters. The van der Waals surface area contributed by atoms with Crippen molar-refractivity contribution in [3.63, 3.8) is 0 Å². The molecule has 0 aliphatic rings. The SMILES string of the molecule is NC(=O)c1cccnc1Oc1ccc(N)c2ncccc12. The fourth-order valence-electron chi connectivity index (χ4n) is 2.02. The summed E-state index contributed by atoms with van der Waals surface area (Å²) in [4.78, 5) is 19.7. The summed E-state index contributed by atoms with van der Waals surface area (Å²) < 4.78 is 5.73. The van der Waals surface area contributed by atoms with E-state index in [0.29, 0.717) is 17.0 Å². The standard InChI is InChI=1S/C15H12N4O2/c16-11-5-6-12(9-3-1-7-18-13(9)11)21-15-10(14(17)20)4-2-8-19-15/h1-8H,16H2,(H2,17,20). The van der Waals surface area contributed by atoms with E-state index in [2.05, 4.69) is 9.97 Å². The van der Waals surface area contributed by atoms with Crippen molar-refractivity contribution in [2.45, 2.75) is 0 Å². The summed E-state index contributed by atoms with van der Waals surface area (Å²) in [7, 11) is 0. The number of rotatable bonds is 3. The molecule has 3 aromatic rings. The first-order valence-electron chi connectivity index (χ1n) is 6.22. The van der Waals surface area contributed by atoms with Gasteiger partial charge in [-0.1, -0.05) is 0 Å². The van der Waals surface area contributed by atoms with Crippen molar-refractivity contribution in [1.82, 2.24) is 9.97 Å². The average molecular weight is 280 g/mol. The lowest BCUT2D eigenvalue weighted by Crippen LogP contribution is -2.12. The Balaban J connectivity index is 2.11. The van der Waals surface area contributed by atoms with Gasteiger partial charge in [0.1, 0.15) is 11.3 Å². The van der Waals surface area contributed by atoms with E-state index in [1.165, 1.54) is 6.20 Å². The Morgan fingerprint density at radius 1 is 1.05 bits per heavy atom. The molecule has 0 fully saturated rings. The van der Waals surface area contributed by atoms with Crippen LogP contribution in [-0.2, 0) is 0 Å².